The number of nitrogens with one attached hydrogen (secondary N) is 1. The van der Waals surface area contributed by atoms with Crippen molar-refractivity contribution in [2.45, 2.75) is 38.5 Å². The number of anilines is 1. The molecule has 1 saturated carbocycles. The first-order chi connectivity index (χ1) is 10.5. The lowest BCUT2D eigenvalue weighted by atomic mass is 10.1. The molecule has 2 fully saturated rings. The van der Waals surface area contributed by atoms with Gasteiger partial charge in [0.05, 0.1) is 18.8 Å². The second-order valence-corrected chi connectivity index (χ2v) is 6.27. The van der Waals surface area contributed by atoms with Gasteiger partial charge in [0.1, 0.15) is 0 Å². The van der Waals surface area contributed by atoms with Gasteiger partial charge in [-0.3, -0.25) is 0 Å². The first-order valence-corrected chi connectivity index (χ1v) is 7.71. The summed E-state index contributed by atoms with van der Waals surface area (Å²) < 4.78 is 11.0. The molecule has 1 aliphatic carbocycles. The van der Waals surface area contributed by atoms with E-state index in [-0.39, 0.29) is 24.8 Å². The minimum Gasteiger partial charge on any atom is -0.371 e. The van der Waals surface area contributed by atoms with E-state index < -0.39 is 0 Å². The highest BCUT2D eigenvalue weighted by atomic mass is 16.5. The Morgan fingerprint density at radius 2 is 2.18 bits per heavy atom. The Morgan fingerprint density at radius 1 is 1.41 bits per heavy atom. The molecule has 1 aromatic heterocycles. The predicted octanol–water partition coefficient (Wildman–Crippen LogP) is 0.845. The maximum Gasteiger partial charge on any atom is 0.318 e. The SMILES string of the molecule is C[C@H]1CN(C(=O)NCc2nc(N(C)C)no2)C[C@H](C2CC2)O1. The van der Waals surface area contributed by atoms with Gasteiger partial charge in [0, 0.05) is 27.2 Å². The highest BCUT2D eigenvalue weighted by Crippen LogP contribution is 2.36. The van der Waals surface area contributed by atoms with E-state index in [9.17, 15) is 4.79 Å². The Bertz CT molecular complexity index is 528. The van der Waals surface area contributed by atoms with Crippen molar-refractivity contribution in [3.8, 4) is 0 Å². The zero-order valence-electron chi connectivity index (χ0n) is 13.3. The van der Waals surface area contributed by atoms with Crippen molar-refractivity contribution in [2.75, 3.05) is 32.1 Å². The van der Waals surface area contributed by atoms with E-state index in [2.05, 4.69) is 15.5 Å². The van der Waals surface area contributed by atoms with Crippen molar-refractivity contribution in [2.24, 2.45) is 5.92 Å². The van der Waals surface area contributed by atoms with E-state index in [0.29, 0.717) is 30.8 Å². The van der Waals surface area contributed by atoms with Gasteiger partial charge in [-0.25, -0.2) is 4.79 Å². The number of hydrogen-bond donors (Lipinski definition) is 1. The van der Waals surface area contributed by atoms with Crippen molar-refractivity contribution in [1.82, 2.24) is 20.4 Å². The summed E-state index contributed by atoms with van der Waals surface area (Å²) in [5, 5.41) is 6.65. The van der Waals surface area contributed by atoms with Crippen LogP contribution in [0.25, 0.3) is 0 Å². The van der Waals surface area contributed by atoms with Crippen molar-refractivity contribution >= 4 is 12.0 Å². The van der Waals surface area contributed by atoms with Crippen molar-refractivity contribution in [3.63, 3.8) is 0 Å². The first kappa shape index (κ1) is 15.1. The standard InChI is InChI=1S/C14H23N5O3/c1-9-7-19(8-11(21-9)10-4-5-10)14(20)15-6-12-16-13(17-22-12)18(2)3/h9-11H,4-8H2,1-3H3,(H,15,20)/t9-,11+/m0/s1. The van der Waals surface area contributed by atoms with Crippen LogP contribution in [-0.2, 0) is 11.3 Å². The number of amides is 2. The quantitative estimate of drug-likeness (QED) is 0.887. The number of carbonyl (C=O) groups is 1. The van der Waals surface area contributed by atoms with Crippen molar-refractivity contribution < 1.29 is 14.1 Å². The van der Waals surface area contributed by atoms with E-state index in [4.69, 9.17) is 9.26 Å². The van der Waals surface area contributed by atoms with Crippen LogP contribution in [0.2, 0.25) is 0 Å². The van der Waals surface area contributed by atoms with Gasteiger partial charge in [-0.05, 0) is 30.8 Å². The molecule has 0 spiro atoms. The summed E-state index contributed by atoms with van der Waals surface area (Å²) in [5.74, 6) is 1.52. The van der Waals surface area contributed by atoms with E-state index >= 15 is 0 Å². The Morgan fingerprint density at radius 3 is 2.82 bits per heavy atom. The number of nitrogens with zero attached hydrogens (tertiary/aromatic N) is 4. The zero-order valence-corrected chi connectivity index (χ0v) is 13.3. The summed E-state index contributed by atoms with van der Waals surface area (Å²) in [6.07, 6.45) is 2.68. The summed E-state index contributed by atoms with van der Waals surface area (Å²) >= 11 is 0. The van der Waals surface area contributed by atoms with Gasteiger partial charge in [-0.15, -0.1) is 0 Å². The molecule has 1 N–H and O–H groups in total. The molecule has 0 bridgehead atoms. The molecule has 0 radical (unpaired) electrons. The largest absolute Gasteiger partial charge is 0.371 e. The maximum absolute atomic E-state index is 12.3. The van der Waals surface area contributed by atoms with Gasteiger partial charge in [-0.2, -0.15) is 4.98 Å². The summed E-state index contributed by atoms with van der Waals surface area (Å²) in [7, 11) is 3.67. The Labute approximate surface area is 129 Å². The van der Waals surface area contributed by atoms with Crippen LogP contribution in [-0.4, -0.2) is 60.5 Å². The fraction of sp³-hybridized carbons (Fsp3) is 0.786. The van der Waals surface area contributed by atoms with Crippen LogP contribution in [0.15, 0.2) is 4.52 Å². The molecular formula is C14H23N5O3. The number of urea groups is 1. The third-order valence-corrected chi connectivity index (χ3v) is 3.97. The van der Waals surface area contributed by atoms with Crippen LogP contribution in [0, 0.1) is 5.92 Å². The Balaban J connectivity index is 1.52. The third kappa shape index (κ3) is 3.49. The zero-order chi connectivity index (χ0) is 15.7. The topological polar surface area (TPSA) is 83.7 Å². The van der Waals surface area contributed by atoms with E-state index in [1.165, 1.54) is 12.8 Å². The van der Waals surface area contributed by atoms with Crippen LogP contribution in [0.4, 0.5) is 10.7 Å². The van der Waals surface area contributed by atoms with Crippen LogP contribution in [0.3, 0.4) is 0 Å². The van der Waals surface area contributed by atoms with Gasteiger partial charge >= 0.3 is 6.03 Å². The second-order valence-electron chi connectivity index (χ2n) is 6.27. The molecule has 3 rings (SSSR count). The number of hydrogen-bond acceptors (Lipinski definition) is 6. The fourth-order valence-electron chi connectivity index (χ4n) is 2.64. The molecule has 2 atom stereocenters. The van der Waals surface area contributed by atoms with Gasteiger partial charge < -0.3 is 24.4 Å². The maximum atomic E-state index is 12.3. The summed E-state index contributed by atoms with van der Waals surface area (Å²) in [6, 6.07) is -0.106. The number of rotatable bonds is 4. The lowest BCUT2D eigenvalue weighted by molar-refractivity contribution is -0.0731. The van der Waals surface area contributed by atoms with Crippen LogP contribution in [0.1, 0.15) is 25.7 Å². The molecule has 1 aromatic rings. The minimum absolute atomic E-state index is 0.0776. The molecule has 1 aliphatic heterocycles. The molecule has 22 heavy (non-hydrogen) atoms. The van der Waals surface area contributed by atoms with E-state index in [1.54, 1.807) is 4.90 Å². The molecule has 1 saturated heterocycles. The van der Waals surface area contributed by atoms with E-state index in [0.717, 1.165) is 0 Å². The molecule has 122 valence electrons. The van der Waals surface area contributed by atoms with Gasteiger partial charge in [0.2, 0.25) is 5.89 Å². The average molecular weight is 309 g/mol. The molecule has 2 heterocycles. The lowest BCUT2D eigenvalue weighted by Crippen LogP contribution is -2.52. The molecule has 2 amide bonds. The molecule has 2 aliphatic rings. The second kappa shape index (κ2) is 6.12. The molecule has 0 aromatic carbocycles. The highest BCUT2D eigenvalue weighted by Gasteiger charge is 2.38. The number of aromatic nitrogens is 2. The number of ether oxygens (including phenoxy) is 1. The van der Waals surface area contributed by atoms with E-state index in [1.807, 2.05) is 25.9 Å². The summed E-state index contributed by atoms with van der Waals surface area (Å²) in [6.45, 7) is 3.52. The highest BCUT2D eigenvalue weighted by molar-refractivity contribution is 5.74. The first-order valence-electron chi connectivity index (χ1n) is 7.71. The van der Waals surface area contributed by atoms with Crippen LogP contribution >= 0.6 is 0 Å². The van der Waals surface area contributed by atoms with Crippen molar-refractivity contribution in [1.29, 1.82) is 0 Å². The van der Waals surface area contributed by atoms with Gasteiger partial charge in [0.15, 0.2) is 0 Å². The van der Waals surface area contributed by atoms with Crippen LogP contribution < -0.4 is 10.2 Å². The average Bonchev–Trinajstić information content (AvgIpc) is 3.22. The third-order valence-electron chi connectivity index (χ3n) is 3.97. The predicted molar refractivity (Wildman–Crippen MR) is 79.5 cm³/mol. The lowest BCUT2D eigenvalue weighted by Gasteiger charge is -2.36. The minimum atomic E-state index is -0.106. The Kier molecular flexibility index (Phi) is 4.19. The molecule has 8 heteroatoms. The molecule has 8 nitrogen and oxygen atoms in total. The molecular weight excluding hydrogens is 286 g/mol. The van der Waals surface area contributed by atoms with Gasteiger partial charge in [0.25, 0.3) is 5.95 Å². The normalized spacial score (nSPS) is 25.1. The van der Waals surface area contributed by atoms with Gasteiger partial charge in [-0.1, -0.05) is 0 Å². The van der Waals surface area contributed by atoms with Crippen molar-refractivity contribution in [3.05, 3.63) is 5.89 Å². The van der Waals surface area contributed by atoms with Crippen LogP contribution in [0.5, 0.6) is 0 Å². The summed E-state index contributed by atoms with van der Waals surface area (Å²) in [5.41, 5.74) is 0. The molecule has 0 unspecified atom stereocenters. The monoisotopic (exact) mass is 309 g/mol. The fourth-order valence-corrected chi connectivity index (χ4v) is 2.64. The Hall–Kier alpha value is -1.83. The smallest absolute Gasteiger partial charge is 0.318 e. The number of carbonyl (C=O) groups excluding carboxylic acids is 1. The number of morpholine rings is 1. The summed E-state index contributed by atoms with van der Waals surface area (Å²) in [4.78, 5) is 20.1.